The Balaban J connectivity index is 2.37. The van der Waals surface area contributed by atoms with Crippen LogP contribution in [0.25, 0.3) is 0 Å². The summed E-state index contributed by atoms with van der Waals surface area (Å²) in [5.41, 5.74) is 0. The monoisotopic (exact) mass is 283 g/mol. The van der Waals surface area contributed by atoms with E-state index in [-0.39, 0.29) is 0 Å². The molecule has 0 saturated carbocycles. The fourth-order valence-corrected chi connectivity index (χ4v) is 3.10. The Morgan fingerprint density at radius 2 is 1.40 bits per heavy atom. The Morgan fingerprint density at radius 1 is 0.800 bits per heavy atom. The summed E-state index contributed by atoms with van der Waals surface area (Å²) in [6, 6.07) is 0.690. The van der Waals surface area contributed by atoms with E-state index in [9.17, 15) is 0 Å². The minimum Gasteiger partial charge on any atom is -0.315 e. The number of rotatable bonds is 8. The first kappa shape index (κ1) is 17.9. The van der Waals surface area contributed by atoms with Crippen LogP contribution in [0.1, 0.15) is 41.5 Å². The molecule has 0 aromatic carbocycles. The van der Waals surface area contributed by atoms with Crippen LogP contribution in [0.3, 0.4) is 0 Å². The Kier molecular flexibility index (Phi) is 8.08. The molecule has 0 aliphatic carbocycles. The van der Waals surface area contributed by atoms with E-state index >= 15 is 0 Å². The highest BCUT2D eigenvalue weighted by atomic mass is 15.3. The van der Waals surface area contributed by atoms with Gasteiger partial charge >= 0.3 is 0 Å². The van der Waals surface area contributed by atoms with Gasteiger partial charge in [0.1, 0.15) is 0 Å². The lowest BCUT2D eigenvalue weighted by Crippen LogP contribution is -2.55. The number of piperazine rings is 1. The molecule has 0 bridgehead atoms. The average molecular weight is 284 g/mol. The van der Waals surface area contributed by atoms with Crippen molar-refractivity contribution in [1.82, 2.24) is 15.1 Å². The van der Waals surface area contributed by atoms with Crippen LogP contribution in [0.5, 0.6) is 0 Å². The van der Waals surface area contributed by atoms with Gasteiger partial charge in [-0.15, -0.1) is 0 Å². The second-order valence-electron chi connectivity index (χ2n) is 7.59. The molecule has 1 heterocycles. The Bertz CT molecular complexity index is 243. The van der Waals surface area contributed by atoms with Crippen LogP contribution in [-0.2, 0) is 0 Å². The highest BCUT2D eigenvalue weighted by Crippen LogP contribution is 2.14. The fourth-order valence-electron chi connectivity index (χ4n) is 3.10. The number of hydrogen-bond acceptors (Lipinski definition) is 3. The molecule has 1 fully saturated rings. The van der Waals surface area contributed by atoms with Gasteiger partial charge < -0.3 is 10.2 Å². The van der Waals surface area contributed by atoms with E-state index in [0.717, 1.165) is 30.8 Å². The zero-order valence-corrected chi connectivity index (χ0v) is 14.7. The van der Waals surface area contributed by atoms with Crippen molar-refractivity contribution in [2.75, 3.05) is 45.8 Å². The summed E-state index contributed by atoms with van der Waals surface area (Å²) in [7, 11) is 0. The molecule has 0 amide bonds. The van der Waals surface area contributed by atoms with Gasteiger partial charge in [0.15, 0.2) is 0 Å². The van der Waals surface area contributed by atoms with Gasteiger partial charge in [-0.1, -0.05) is 41.5 Å². The van der Waals surface area contributed by atoms with Crippen LogP contribution in [0.2, 0.25) is 0 Å². The highest BCUT2D eigenvalue weighted by molar-refractivity contribution is 4.82. The van der Waals surface area contributed by atoms with Gasteiger partial charge in [-0.2, -0.15) is 0 Å². The zero-order chi connectivity index (χ0) is 15.1. The molecule has 3 heteroatoms. The van der Waals surface area contributed by atoms with E-state index in [1.807, 2.05) is 0 Å². The molecule has 0 aromatic heterocycles. The zero-order valence-electron chi connectivity index (χ0n) is 14.7. The molecule has 1 unspecified atom stereocenters. The van der Waals surface area contributed by atoms with Crippen molar-refractivity contribution in [2.24, 2.45) is 17.8 Å². The van der Waals surface area contributed by atoms with Gasteiger partial charge in [-0.25, -0.2) is 0 Å². The van der Waals surface area contributed by atoms with Crippen LogP contribution in [0.4, 0.5) is 0 Å². The first-order valence-electron chi connectivity index (χ1n) is 8.57. The third kappa shape index (κ3) is 6.55. The Labute approximate surface area is 127 Å². The maximum Gasteiger partial charge on any atom is 0.0244 e. The van der Waals surface area contributed by atoms with E-state index in [1.54, 1.807) is 0 Å². The van der Waals surface area contributed by atoms with Gasteiger partial charge in [-0.05, 0) is 24.3 Å². The first-order valence-corrected chi connectivity index (χ1v) is 8.57. The molecular formula is C17H37N3. The van der Waals surface area contributed by atoms with E-state index in [0.29, 0.717) is 6.04 Å². The maximum absolute atomic E-state index is 3.65. The molecule has 1 aliphatic heterocycles. The molecule has 0 spiro atoms. The Hall–Kier alpha value is -0.120. The normalized spacial score (nSPS) is 20.2. The summed E-state index contributed by atoms with van der Waals surface area (Å²) < 4.78 is 0. The van der Waals surface area contributed by atoms with Gasteiger partial charge in [-0.3, -0.25) is 4.90 Å². The minimum absolute atomic E-state index is 0.690. The second-order valence-corrected chi connectivity index (χ2v) is 7.59. The lowest BCUT2D eigenvalue weighted by Gasteiger charge is -2.41. The molecular weight excluding hydrogens is 246 g/mol. The molecule has 3 nitrogen and oxygen atoms in total. The van der Waals surface area contributed by atoms with Crippen LogP contribution >= 0.6 is 0 Å². The molecule has 1 aliphatic rings. The molecule has 1 rings (SSSR count). The summed E-state index contributed by atoms with van der Waals surface area (Å²) in [6.07, 6.45) is 0. The Morgan fingerprint density at radius 3 is 1.85 bits per heavy atom. The van der Waals surface area contributed by atoms with E-state index in [1.165, 1.54) is 32.7 Å². The van der Waals surface area contributed by atoms with Crippen molar-refractivity contribution in [1.29, 1.82) is 0 Å². The van der Waals surface area contributed by atoms with Gasteiger partial charge in [0.2, 0.25) is 0 Å². The summed E-state index contributed by atoms with van der Waals surface area (Å²) in [6.45, 7) is 22.4. The lowest BCUT2D eigenvalue weighted by atomic mass is 10.0. The second kappa shape index (κ2) is 9.01. The standard InChI is InChI=1S/C17H37N3/c1-14(2)11-18-12-17(16(5)6)20-9-7-19(8-10-20)13-15(3)4/h14-18H,7-13H2,1-6H3. The topological polar surface area (TPSA) is 18.5 Å². The predicted molar refractivity (Wildman–Crippen MR) is 89.2 cm³/mol. The maximum atomic E-state index is 3.65. The lowest BCUT2D eigenvalue weighted by molar-refractivity contribution is 0.0701. The number of nitrogens with zero attached hydrogens (tertiary/aromatic N) is 2. The molecule has 1 atom stereocenters. The fraction of sp³-hybridized carbons (Fsp3) is 1.00. The molecule has 1 saturated heterocycles. The molecule has 120 valence electrons. The smallest absolute Gasteiger partial charge is 0.0244 e. The molecule has 1 N–H and O–H groups in total. The van der Waals surface area contributed by atoms with Crippen molar-refractivity contribution < 1.29 is 0 Å². The number of nitrogens with one attached hydrogen (secondary N) is 1. The quantitative estimate of drug-likeness (QED) is 0.738. The molecule has 20 heavy (non-hydrogen) atoms. The third-order valence-corrected chi connectivity index (χ3v) is 4.17. The van der Waals surface area contributed by atoms with Gasteiger partial charge in [0, 0.05) is 45.3 Å². The van der Waals surface area contributed by atoms with Crippen LogP contribution < -0.4 is 5.32 Å². The number of hydrogen-bond donors (Lipinski definition) is 1. The molecule has 0 radical (unpaired) electrons. The van der Waals surface area contributed by atoms with E-state index in [4.69, 9.17) is 0 Å². The first-order chi connectivity index (χ1) is 9.40. The van der Waals surface area contributed by atoms with Crippen molar-refractivity contribution >= 4 is 0 Å². The SMILES string of the molecule is CC(C)CNCC(C(C)C)N1CCN(CC(C)C)CC1. The van der Waals surface area contributed by atoms with Crippen LogP contribution in [-0.4, -0.2) is 61.7 Å². The summed E-state index contributed by atoms with van der Waals surface area (Å²) in [5, 5.41) is 3.65. The average Bonchev–Trinajstić information content (AvgIpc) is 2.34. The van der Waals surface area contributed by atoms with Crippen LogP contribution in [0, 0.1) is 17.8 Å². The summed E-state index contributed by atoms with van der Waals surface area (Å²) in [5.74, 6) is 2.26. The van der Waals surface area contributed by atoms with Crippen LogP contribution in [0.15, 0.2) is 0 Å². The highest BCUT2D eigenvalue weighted by Gasteiger charge is 2.25. The largest absolute Gasteiger partial charge is 0.315 e. The summed E-state index contributed by atoms with van der Waals surface area (Å²) >= 11 is 0. The van der Waals surface area contributed by atoms with E-state index in [2.05, 4.69) is 56.7 Å². The van der Waals surface area contributed by atoms with Crippen molar-refractivity contribution in [3.05, 3.63) is 0 Å². The van der Waals surface area contributed by atoms with Gasteiger partial charge in [0.25, 0.3) is 0 Å². The van der Waals surface area contributed by atoms with E-state index < -0.39 is 0 Å². The minimum atomic E-state index is 0.690. The van der Waals surface area contributed by atoms with Crippen molar-refractivity contribution in [2.45, 2.75) is 47.6 Å². The van der Waals surface area contributed by atoms with Crippen molar-refractivity contribution in [3.8, 4) is 0 Å². The van der Waals surface area contributed by atoms with Crippen molar-refractivity contribution in [3.63, 3.8) is 0 Å². The molecule has 0 aromatic rings. The summed E-state index contributed by atoms with van der Waals surface area (Å²) in [4.78, 5) is 5.33. The third-order valence-electron chi connectivity index (χ3n) is 4.17. The predicted octanol–water partition coefficient (Wildman–Crippen LogP) is 2.53. The van der Waals surface area contributed by atoms with Gasteiger partial charge in [0.05, 0.1) is 0 Å².